The van der Waals surface area contributed by atoms with Crippen molar-refractivity contribution in [2.45, 2.75) is 26.7 Å². The van der Waals surface area contributed by atoms with Crippen molar-refractivity contribution in [2.24, 2.45) is 5.10 Å². The lowest BCUT2D eigenvalue weighted by atomic mass is 10.1. The first-order chi connectivity index (χ1) is 11.9. The van der Waals surface area contributed by atoms with Gasteiger partial charge < -0.3 is 5.32 Å². The van der Waals surface area contributed by atoms with E-state index in [0.29, 0.717) is 0 Å². The highest BCUT2D eigenvalue weighted by atomic mass is 79.9. The summed E-state index contributed by atoms with van der Waals surface area (Å²) in [6.07, 6.45) is 1.74. The van der Waals surface area contributed by atoms with Gasteiger partial charge in [0.25, 0.3) is 0 Å². The van der Waals surface area contributed by atoms with E-state index in [-0.39, 0.29) is 24.7 Å². The molecule has 0 aliphatic carbocycles. The number of halogens is 1. The quantitative estimate of drug-likeness (QED) is 0.568. The zero-order chi connectivity index (χ0) is 18.2. The molecule has 2 N–H and O–H groups in total. The van der Waals surface area contributed by atoms with Gasteiger partial charge in [-0.15, -0.1) is 0 Å². The minimum Gasteiger partial charge on any atom is -0.326 e. The van der Waals surface area contributed by atoms with Crippen LogP contribution in [0.5, 0.6) is 0 Å². The predicted octanol–water partition coefficient (Wildman–Crippen LogP) is 3.93. The Bertz CT molecular complexity index is 786. The highest BCUT2D eigenvalue weighted by Gasteiger charge is 2.08. The smallest absolute Gasteiger partial charge is 0.240 e. The van der Waals surface area contributed by atoms with Crippen LogP contribution in [0.1, 0.15) is 29.5 Å². The molecule has 2 rings (SSSR count). The van der Waals surface area contributed by atoms with E-state index < -0.39 is 0 Å². The molecule has 0 heterocycles. The Morgan fingerprint density at radius 3 is 2.40 bits per heavy atom. The van der Waals surface area contributed by atoms with Gasteiger partial charge in [0, 0.05) is 23.0 Å². The maximum atomic E-state index is 11.9. The molecule has 25 heavy (non-hydrogen) atoms. The molecule has 0 saturated heterocycles. The SMILES string of the molecule is Cc1ccc(NC(=O)CCC(=O)NN=Cc2ccc(Br)cc2)c(C)c1. The molecule has 2 aromatic carbocycles. The fourth-order valence-electron chi connectivity index (χ4n) is 2.18. The van der Waals surface area contributed by atoms with Gasteiger partial charge in [0.15, 0.2) is 0 Å². The number of anilines is 1. The van der Waals surface area contributed by atoms with Gasteiger partial charge in [-0.1, -0.05) is 45.8 Å². The summed E-state index contributed by atoms with van der Waals surface area (Å²) in [7, 11) is 0. The van der Waals surface area contributed by atoms with Gasteiger partial charge in [-0.3, -0.25) is 9.59 Å². The van der Waals surface area contributed by atoms with Gasteiger partial charge in [-0.2, -0.15) is 5.10 Å². The summed E-state index contributed by atoms with van der Waals surface area (Å²) in [5.74, 6) is -0.497. The van der Waals surface area contributed by atoms with Crippen molar-refractivity contribution in [3.05, 3.63) is 63.6 Å². The topological polar surface area (TPSA) is 70.6 Å². The van der Waals surface area contributed by atoms with Gasteiger partial charge in [0.1, 0.15) is 0 Å². The van der Waals surface area contributed by atoms with Gasteiger partial charge in [-0.25, -0.2) is 5.43 Å². The van der Waals surface area contributed by atoms with Gasteiger partial charge >= 0.3 is 0 Å². The minimum atomic E-state index is -0.302. The Labute approximate surface area is 155 Å². The molecule has 6 heteroatoms. The number of nitrogens with zero attached hydrogens (tertiary/aromatic N) is 1. The highest BCUT2D eigenvalue weighted by Crippen LogP contribution is 2.16. The van der Waals surface area contributed by atoms with E-state index in [1.54, 1.807) is 6.21 Å². The number of hydrogen-bond acceptors (Lipinski definition) is 3. The number of carbonyl (C=O) groups excluding carboxylic acids is 2. The lowest BCUT2D eigenvalue weighted by Crippen LogP contribution is -2.20. The van der Waals surface area contributed by atoms with E-state index in [4.69, 9.17) is 0 Å². The molecular weight excluding hydrogens is 382 g/mol. The monoisotopic (exact) mass is 401 g/mol. The summed E-state index contributed by atoms with van der Waals surface area (Å²) in [5.41, 5.74) is 6.20. The molecular formula is C19H20BrN3O2. The number of amides is 2. The lowest BCUT2D eigenvalue weighted by molar-refractivity contribution is -0.124. The van der Waals surface area contributed by atoms with Gasteiger partial charge in [-0.05, 0) is 43.2 Å². The Balaban J connectivity index is 1.75. The molecule has 2 aromatic rings. The van der Waals surface area contributed by atoms with Crippen molar-refractivity contribution in [3.63, 3.8) is 0 Å². The van der Waals surface area contributed by atoms with Gasteiger partial charge in [0.05, 0.1) is 6.21 Å². The Kier molecular flexibility index (Phi) is 6.89. The number of rotatable bonds is 6. The van der Waals surface area contributed by atoms with Crippen LogP contribution in [0.4, 0.5) is 5.69 Å². The normalized spacial score (nSPS) is 10.7. The molecule has 0 unspecified atom stereocenters. The third-order valence-electron chi connectivity index (χ3n) is 3.51. The third kappa shape index (κ3) is 6.51. The van der Waals surface area contributed by atoms with Crippen LogP contribution >= 0.6 is 15.9 Å². The second-order valence-electron chi connectivity index (χ2n) is 5.71. The van der Waals surface area contributed by atoms with Crippen molar-refractivity contribution in [2.75, 3.05) is 5.32 Å². The number of hydrazone groups is 1. The molecule has 0 aliphatic rings. The zero-order valence-corrected chi connectivity index (χ0v) is 15.8. The molecule has 0 radical (unpaired) electrons. The average Bonchev–Trinajstić information content (AvgIpc) is 2.57. The molecule has 0 spiro atoms. The van der Waals surface area contributed by atoms with Crippen LogP contribution < -0.4 is 10.7 Å². The maximum absolute atomic E-state index is 11.9. The summed E-state index contributed by atoms with van der Waals surface area (Å²) in [6.45, 7) is 3.93. The number of benzene rings is 2. The average molecular weight is 402 g/mol. The van der Waals surface area contributed by atoms with E-state index in [9.17, 15) is 9.59 Å². The number of nitrogens with one attached hydrogen (secondary N) is 2. The summed E-state index contributed by atoms with van der Waals surface area (Å²) in [4.78, 5) is 23.7. The van der Waals surface area contributed by atoms with Crippen molar-refractivity contribution in [1.82, 2.24) is 5.43 Å². The van der Waals surface area contributed by atoms with Crippen molar-refractivity contribution >= 4 is 39.6 Å². The minimum absolute atomic E-state index is 0.0778. The summed E-state index contributed by atoms with van der Waals surface area (Å²) >= 11 is 3.35. The molecule has 2 amide bonds. The second kappa shape index (κ2) is 9.13. The Morgan fingerprint density at radius 2 is 1.72 bits per heavy atom. The van der Waals surface area contributed by atoms with Crippen LogP contribution in [-0.4, -0.2) is 18.0 Å². The standard InChI is InChI=1S/C19H20BrN3O2/c1-13-3-8-17(14(2)11-13)22-18(24)9-10-19(25)23-21-12-15-4-6-16(20)7-5-15/h3-8,11-12H,9-10H2,1-2H3,(H,22,24)(H,23,25). The van der Waals surface area contributed by atoms with E-state index in [0.717, 1.165) is 26.9 Å². The van der Waals surface area contributed by atoms with Crippen LogP contribution in [0.15, 0.2) is 52.0 Å². The molecule has 0 fully saturated rings. The molecule has 0 bridgehead atoms. The van der Waals surface area contributed by atoms with Crippen LogP contribution in [0.25, 0.3) is 0 Å². The summed E-state index contributed by atoms with van der Waals surface area (Å²) in [6, 6.07) is 13.3. The first-order valence-electron chi connectivity index (χ1n) is 7.88. The van der Waals surface area contributed by atoms with Crippen LogP contribution in [0.3, 0.4) is 0 Å². The van der Waals surface area contributed by atoms with Crippen molar-refractivity contribution in [3.8, 4) is 0 Å². The van der Waals surface area contributed by atoms with Crippen molar-refractivity contribution in [1.29, 1.82) is 0 Å². The Hall–Kier alpha value is -2.47. The van der Waals surface area contributed by atoms with Gasteiger partial charge in [0.2, 0.25) is 11.8 Å². The first kappa shape index (κ1) is 18.9. The number of hydrogen-bond donors (Lipinski definition) is 2. The molecule has 0 saturated carbocycles. The number of aryl methyl sites for hydroxylation is 2. The first-order valence-corrected chi connectivity index (χ1v) is 8.68. The molecule has 0 aliphatic heterocycles. The van der Waals surface area contributed by atoms with Crippen LogP contribution in [-0.2, 0) is 9.59 Å². The molecule has 0 atom stereocenters. The Morgan fingerprint density at radius 1 is 1.04 bits per heavy atom. The van der Waals surface area contributed by atoms with E-state index in [1.807, 2.05) is 56.3 Å². The van der Waals surface area contributed by atoms with Crippen LogP contribution in [0.2, 0.25) is 0 Å². The zero-order valence-electron chi connectivity index (χ0n) is 14.2. The second-order valence-corrected chi connectivity index (χ2v) is 6.63. The molecule has 0 aromatic heterocycles. The highest BCUT2D eigenvalue weighted by molar-refractivity contribution is 9.10. The number of carbonyl (C=O) groups is 2. The van der Waals surface area contributed by atoms with Crippen molar-refractivity contribution < 1.29 is 9.59 Å². The fourth-order valence-corrected chi connectivity index (χ4v) is 2.44. The van der Waals surface area contributed by atoms with E-state index >= 15 is 0 Å². The molecule has 5 nitrogen and oxygen atoms in total. The third-order valence-corrected chi connectivity index (χ3v) is 4.04. The lowest BCUT2D eigenvalue weighted by Gasteiger charge is -2.08. The van der Waals surface area contributed by atoms with E-state index in [1.165, 1.54) is 0 Å². The summed E-state index contributed by atoms with van der Waals surface area (Å²) in [5, 5.41) is 6.70. The predicted molar refractivity (Wildman–Crippen MR) is 104 cm³/mol. The fraction of sp³-hybridized carbons (Fsp3) is 0.211. The summed E-state index contributed by atoms with van der Waals surface area (Å²) < 4.78 is 0.975. The van der Waals surface area contributed by atoms with Crippen LogP contribution in [0, 0.1) is 13.8 Å². The molecule has 130 valence electrons. The van der Waals surface area contributed by atoms with E-state index in [2.05, 4.69) is 31.8 Å². The maximum Gasteiger partial charge on any atom is 0.240 e. The largest absolute Gasteiger partial charge is 0.326 e.